The molecule has 1 atom stereocenters. The van der Waals surface area contributed by atoms with Gasteiger partial charge in [0.2, 0.25) is 0 Å². The lowest BCUT2D eigenvalue weighted by Crippen LogP contribution is -2.47. The monoisotopic (exact) mass is 471 g/mol. The molecule has 0 fully saturated rings. The maximum Gasteiger partial charge on any atom is 0.419 e. The van der Waals surface area contributed by atoms with Crippen LogP contribution in [0.4, 0.5) is 13.2 Å². The van der Waals surface area contributed by atoms with Crippen LogP contribution in [0.2, 0.25) is 0 Å². The average molecular weight is 471 g/mol. The van der Waals surface area contributed by atoms with Gasteiger partial charge in [-0.2, -0.15) is 13.2 Å². The molecule has 9 heteroatoms. The number of aryl methyl sites for hydroxylation is 4. The highest BCUT2D eigenvalue weighted by Crippen LogP contribution is 2.37. The summed E-state index contributed by atoms with van der Waals surface area (Å²) in [4.78, 5) is 0. The predicted molar refractivity (Wildman–Crippen MR) is 117 cm³/mol. The first-order valence-electron chi connectivity index (χ1n) is 10.3. The molecule has 0 aliphatic heterocycles. The van der Waals surface area contributed by atoms with Gasteiger partial charge in [-0.25, -0.2) is 4.57 Å². The van der Waals surface area contributed by atoms with Crippen LogP contribution < -0.4 is 10.5 Å². The van der Waals surface area contributed by atoms with Gasteiger partial charge in [0, 0.05) is 0 Å². The molecule has 0 bridgehead atoms. The summed E-state index contributed by atoms with van der Waals surface area (Å²) in [5.74, 6) is -0.212. The van der Waals surface area contributed by atoms with E-state index in [1.807, 2.05) is 13.8 Å². The van der Waals surface area contributed by atoms with Crippen LogP contribution in [0.1, 0.15) is 40.7 Å². The Bertz CT molecular complexity index is 887. The van der Waals surface area contributed by atoms with Crippen molar-refractivity contribution in [2.75, 3.05) is 19.8 Å². The lowest BCUT2D eigenvalue weighted by atomic mass is 9.93. The summed E-state index contributed by atoms with van der Waals surface area (Å²) in [6, 6.07) is 10.1. The number of halogens is 3. The van der Waals surface area contributed by atoms with E-state index in [0.717, 1.165) is 22.8 Å². The third-order valence-electron chi connectivity index (χ3n) is 5.13. The first-order valence-corrected chi connectivity index (χ1v) is 11.0. The van der Waals surface area contributed by atoms with Crippen molar-refractivity contribution in [2.45, 2.75) is 51.2 Å². The topological polar surface area (TPSA) is 81.8 Å². The second-order valence-corrected chi connectivity index (χ2v) is 8.55. The lowest BCUT2D eigenvalue weighted by Gasteiger charge is -2.25. The molecule has 0 aliphatic rings. The minimum Gasteiger partial charge on any atom is -0.493 e. The van der Waals surface area contributed by atoms with Gasteiger partial charge in [0.25, 0.3) is 0 Å². The van der Waals surface area contributed by atoms with Crippen molar-refractivity contribution in [1.82, 2.24) is 0 Å². The van der Waals surface area contributed by atoms with Gasteiger partial charge in [-0.1, -0.05) is 35.4 Å². The minimum absolute atomic E-state index is 0.159. The first-order chi connectivity index (χ1) is 15.1. The van der Waals surface area contributed by atoms with E-state index >= 15 is 0 Å². The summed E-state index contributed by atoms with van der Waals surface area (Å²) in [6.45, 7) is 3.56. The number of hydrogen-bond acceptors (Lipinski definition) is 5. The van der Waals surface area contributed by atoms with Crippen LogP contribution in [-0.2, 0) is 28.1 Å². The van der Waals surface area contributed by atoms with Gasteiger partial charge in [-0.05, 0) is 62.8 Å². The van der Waals surface area contributed by atoms with Gasteiger partial charge in [0.1, 0.15) is 5.75 Å². The van der Waals surface area contributed by atoms with Crippen molar-refractivity contribution in [3.8, 4) is 5.75 Å². The van der Waals surface area contributed by atoms with E-state index in [9.17, 15) is 22.8 Å². The second kappa shape index (κ2) is 11.8. The van der Waals surface area contributed by atoms with Crippen LogP contribution in [0.3, 0.4) is 0 Å². The fourth-order valence-corrected chi connectivity index (χ4v) is 3.81. The average Bonchev–Trinajstić information content (AvgIpc) is 2.73. The molecular weight excluding hydrogens is 442 g/mol. The van der Waals surface area contributed by atoms with Crippen LogP contribution in [0, 0.1) is 13.8 Å². The van der Waals surface area contributed by atoms with E-state index in [-0.39, 0.29) is 31.8 Å². The van der Waals surface area contributed by atoms with Crippen molar-refractivity contribution < 1.29 is 32.1 Å². The summed E-state index contributed by atoms with van der Waals surface area (Å²) in [5, 5.41) is 9.44. The smallest absolute Gasteiger partial charge is 0.419 e. The van der Waals surface area contributed by atoms with Gasteiger partial charge in [0.05, 0.1) is 30.9 Å². The molecule has 3 N–H and O–H groups in total. The Hall–Kier alpha value is -1.99. The van der Waals surface area contributed by atoms with Crippen molar-refractivity contribution in [1.29, 1.82) is 0 Å². The Morgan fingerprint density at radius 2 is 1.72 bits per heavy atom. The molecule has 32 heavy (non-hydrogen) atoms. The van der Waals surface area contributed by atoms with E-state index in [2.05, 4.69) is 18.2 Å². The summed E-state index contributed by atoms with van der Waals surface area (Å²) in [6.07, 6.45) is -2.92. The number of benzene rings is 2. The zero-order chi connectivity index (χ0) is 23.8. The Balaban J connectivity index is 2.02. The number of ether oxygens (including phenoxy) is 1. The number of nitrogens with two attached hydrogens (primary N) is 1. The van der Waals surface area contributed by atoms with Gasteiger partial charge < -0.3 is 15.6 Å². The van der Waals surface area contributed by atoms with Crippen molar-refractivity contribution in [3.63, 3.8) is 0 Å². The quantitative estimate of drug-likeness (QED) is 0.329. The fourth-order valence-electron chi connectivity index (χ4n) is 3.50. The molecule has 0 saturated carbocycles. The third-order valence-corrected chi connectivity index (χ3v) is 5.36. The molecule has 2 aromatic rings. The first kappa shape index (κ1) is 26.3. The van der Waals surface area contributed by atoms with E-state index < -0.39 is 32.6 Å². The van der Waals surface area contributed by atoms with E-state index in [0.29, 0.717) is 18.4 Å². The summed E-state index contributed by atoms with van der Waals surface area (Å²) >= 11 is 0. The SMILES string of the molecule is Cc1cc(C)cc(CCCOc2ccc(CCC(N)(CO)COP=O)cc2C(F)(F)F)c1. The molecule has 0 spiro atoms. The molecule has 0 radical (unpaired) electrons. The third kappa shape index (κ3) is 8.17. The van der Waals surface area contributed by atoms with E-state index in [4.69, 9.17) is 15.0 Å². The predicted octanol–water partition coefficient (Wildman–Crippen LogP) is 5.18. The van der Waals surface area contributed by atoms with Crippen molar-refractivity contribution >= 4 is 8.69 Å². The molecule has 176 valence electrons. The highest BCUT2D eigenvalue weighted by Gasteiger charge is 2.35. The van der Waals surface area contributed by atoms with Crippen molar-refractivity contribution in [2.24, 2.45) is 5.73 Å². The Labute approximate surface area is 188 Å². The highest BCUT2D eigenvalue weighted by atomic mass is 31.1. The number of rotatable bonds is 12. The molecule has 0 amide bonds. The van der Waals surface area contributed by atoms with Crippen LogP contribution in [0.25, 0.3) is 0 Å². The second-order valence-electron chi connectivity index (χ2n) is 8.14. The van der Waals surface area contributed by atoms with Crippen molar-refractivity contribution in [3.05, 3.63) is 64.2 Å². The zero-order valence-corrected chi connectivity index (χ0v) is 19.1. The summed E-state index contributed by atoms with van der Waals surface area (Å²) in [5.41, 5.74) is 7.77. The highest BCUT2D eigenvalue weighted by molar-refractivity contribution is 7.17. The van der Waals surface area contributed by atoms with E-state index in [1.54, 1.807) is 6.07 Å². The Morgan fingerprint density at radius 1 is 1.03 bits per heavy atom. The Morgan fingerprint density at radius 3 is 2.31 bits per heavy atom. The van der Waals surface area contributed by atoms with Gasteiger partial charge in [0.15, 0.2) is 0 Å². The van der Waals surface area contributed by atoms with Crippen LogP contribution in [0.15, 0.2) is 36.4 Å². The van der Waals surface area contributed by atoms with E-state index in [1.165, 1.54) is 6.07 Å². The number of alkyl halides is 3. The maximum atomic E-state index is 13.6. The Kier molecular flexibility index (Phi) is 9.64. The molecular formula is C23H29F3NO4P. The van der Waals surface area contributed by atoms with Gasteiger partial charge in [-0.15, -0.1) is 0 Å². The number of hydrogen-bond donors (Lipinski definition) is 2. The van der Waals surface area contributed by atoms with Crippen LogP contribution >= 0.6 is 8.69 Å². The van der Waals surface area contributed by atoms with Gasteiger partial charge in [-0.3, -0.25) is 4.52 Å². The number of aliphatic hydroxyl groups excluding tert-OH is 1. The largest absolute Gasteiger partial charge is 0.493 e. The lowest BCUT2D eigenvalue weighted by molar-refractivity contribution is -0.139. The minimum atomic E-state index is -4.57. The fraction of sp³-hybridized carbons (Fsp3) is 0.478. The molecule has 2 aromatic carbocycles. The number of aliphatic hydroxyl groups is 1. The molecule has 2 rings (SSSR count). The van der Waals surface area contributed by atoms with Gasteiger partial charge >= 0.3 is 14.9 Å². The molecule has 0 aromatic heterocycles. The molecule has 1 unspecified atom stereocenters. The molecule has 5 nitrogen and oxygen atoms in total. The summed E-state index contributed by atoms with van der Waals surface area (Å²) < 4.78 is 61.4. The molecule has 0 aliphatic carbocycles. The molecule has 0 saturated heterocycles. The molecule has 0 heterocycles. The standard InChI is InChI=1S/C23H29F3NO4P/c1-16-10-17(2)12-19(11-16)4-3-9-30-21-6-5-18(13-20(21)23(24,25)26)7-8-22(27,14-28)15-31-32-29/h5-6,10-13,28H,3-4,7-9,14-15,27H2,1-2H3. The summed E-state index contributed by atoms with van der Waals surface area (Å²) in [7, 11) is -0.574. The maximum absolute atomic E-state index is 13.6. The van der Waals surface area contributed by atoms with Crippen LogP contribution in [0.5, 0.6) is 5.75 Å². The zero-order valence-electron chi connectivity index (χ0n) is 18.2. The van der Waals surface area contributed by atoms with Crippen LogP contribution in [-0.4, -0.2) is 30.5 Å². The normalized spacial score (nSPS) is 13.8.